The lowest BCUT2D eigenvalue weighted by molar-refractivity contribution is -0.885. The third-order valence-electron chi connectivity index (χ3n) is 5.73. The van der Waals surface area contributed by atoms with Crippen molar-refractivity contribution in [2.24, 2.45) is 0 Å². The highest BCUT2D eigenvalue weighted by Gasteiger charge is 2.20. The highest BCUT2D eigenvalue weighted by atomic mass is 32.1. The lowest BCUT2D eigenvalue weighted by Gasteiger charge is -2.32. The number of amides is 2. The lowest BCUT2D eigenvalue weighted by atomic mass is 10.1. The van der Waals surface area contributed by atoms with Crippen molar-refractivity contribution < 1.29 is 24.0 Å². The van der Waals surface area contributed by atoms with Crippen molar-refractivity contribution in [2.75, 3.05) is 46.0 Å². The van der Waals surface area contributed by atoms with Gasteiger partial charge in [0.25, 0.3) is 5.91 Å². The summed E-state index contributed by atoms with van der Waals surface area (Å²) in [6.45, 7) is 9.49. The first kappa shape index (κ1) is 32.2. The van der Waals surface area contributed by atoms with Crippen molar-refractivity contribution in [1.29, 1.82) is 0 Å². The molecule has 0 aliphatic carbocycles. The molecule has 8 heteroatoms. The van der Waals surface area contributed by atoms with Crippen LogP contribution in [0.15, 0.2) is 23.9 Å². The summed E-state index contributed by atoms with van der Waals surface area (Å²) in [5.74, 6) is -0.423. The minimum Gasteiger partial charge on any atom is -0.545 e. The van der Waals surface area contributed by atoms with E-state index in [9.17, 15) is 19.5 Å². The highest BCUT2D eigenvalue weighted by Crippen LogP contribution is 2.10. The van der Waals surface area contributed by atoms with E-state index in [0.29, 0.717) is 42.7 Å². The van der Waals surface area contributed by atoms with Crippen molar-refractivity contribution in [3.05, 3.63) is 23.9 Å². The average molecular weight is 498 g/mol. The lowest BCUT2D eigenvalue weighted by Crippen LogP contribution is -2.46. The molecule has 0 aliphatic heterocycles. The van der Waals surface area contributed by atoms with Gasteiger partial charge in [0.2, 0.25) is 5.91 Å². The first-order valence-corrected chi connectivity index (χ1v) is 13.2. The second-order valence-electron chi connectivity index (χ2n) is 9.70. The van der Waals surface area contributed by atoms with Crippen molar-refractivity contribution in [3.63, 3.8) is 0 Å². The van der Waals surface area contributed by atoms with Gasteiger partial charge in [0.05, 0.1) is 26.6 Å². The molecule has 0 radical (unpaired) electrons. The number of carbonyl (C=O) groups excluding carboxylic acids is 3. The predicted molar refractivity (Wildman–Crippen MR) is 140 cm³/mol. The van der Waals surface area contributed by atoms with Crippen molar-refractivity contribution in [3.8, 4) is 0 Å². The number of thiol groups is 1. The molecule has 196 valence electrons. The van der Waals surface area contributed by atoms with E-state index < -0.39 is 5.97 Å². The molecular weight excluding hydrogens is 450 g/mol. The zero-order valence-corrected chi connectivity index (χ0v) is 22.8. The Morgan fingerprint density at radius 3 is 2.15 bits per heavy atom. The van der Waals surface area contributed by atoms with E-state index in [4.69, 9.17) is 0 Å². The van der Waals surface area contributed by atoms with Crippen LogP contribution >= 0.6 is 12.6 Å². The number of hydrogen-bond acceptors (Lipinski definition) is 5. The highest BCUT2D eigenvalue weighted by molar-refractivity contribution is 7.80. The molecule has 2 amide bonds. The Morgan fingerprint density at radius 2 is 1.59 bits per heavy atom. The summed E-state index contributed by atoms with van der Waals surface area (Å²) in [7, 11) is 3.87. The third-order valence-corrected chi connectivity index (χ3v) is 6.04. The largest absolute Gasteiger partial charge is 0.545 e. The summed E-state index contributed by atoms with van der Waals surface area (Å²) in [5.41, 5.74) is 0.579. The van der Waals surface area contributed by atoms with Crippen LogP contribution in [0.5, 0.6) is 0 Å². The van der Waals surface area contributed by atoms with E-state index >= 15 is 0 Å². The topological polar surface area (TPSA) is 89.5 Å². The van der Waals surface area contributed by atoms with E-state index in [0.717, 1.165) is 37.9 Å². The molecule has 0 bridgehead atoms. The number of carbonyl (C=O) groups is 3. The monoisotopic (exact) mass is 497 g/mol. The minimum atomic E-state index is -1.23. The van der Waals surface area contributed by atoms with Crippen LogP contribution in [-0.4, -0.2) is 73.2 Å². The van der Waals surface area contributed by atoms with E-state index in [2.05, 4.69) is 24.5 Å². The molecule has 0 aromatic heterocycles. The summed E-state index contributed by atoms with van der Waals surface area (Å²) in [5, 5.41) is 13.7. The first-order chi connectivity index (χ1) is 16.0. The summed E-state index contributed by atoms with van der Waals surface area (Å²) in [4.78, 5) is 37.7. The van der Waals surface area contributed by atoms with Gasteiger partial charge in [-0.25, -0.2) is 0 Å². The molecule has 0 aliphatic rings. The van der Waals surface area contributed by atoms with Gasteiger partial charge in [0.15, 0.2) is 0 Å². The Hall–Kier alpha value is -1.80. The maximum Gasteiger partial charge on any atom is 0.250 e. The zero-order valence-electron chi connectivity index (χ0n) is 21.9. The normalized spacial score (nSPS) is 11.9. The standard InChI is InChI=1S/C26H47N3O4S/c1-6-16-28(17-14-18-29(4,5)21-23(3)26(32)33)25(31)22(2)20-27-24(30)15-12-10-8-7-9-11-13-19-34/h20H,3,6-19,21H2,1-2,4-5H3,(H2-,27,30,31,32,33,34). The molecule has 0 spiro atoms. The molecule has 0 aromatic carbocycles. The maximum absolute atomic E-state index is 12.9. The number of carboxylic acid groups (broad SMARTS) is 1. The van der Waals surface area contributed by atoms with Gasteiger partial charge in [-0.1, -0.05) is 45.6 Å². The number of aliphatic carboxylic acids is 1. The van der Waals surface area contributed by atoms with Gasteiger partial charge in [0.1, 0.15) is 6.54 Å². The van der Waals surface area contributed by atoms with Crippen LogP contribution in [0.25, 0.3) is 0 Å². The minimum absolute atomic E-state index is 0.0588. The van der Waals surface area contributed by atoms with E-state index in [-0.39, 0.29) is 17.4 Å². The number of nitrogens with zero attached hydrogens (tertiary/aromatic N) is 2. The molecule has 34 heavy (non-hydrogen) atoms. The molecule has 0 saturated carbocycles. The number of quaternary nitrogens is 1. The molecule has 0 heterocycles. The fourth-order valence-electron chi connectivity index (χ4n) is 3.79. The Kier molecular flexibility index (Phi) is 17.5. The van der Waals surface area contributed by atoms with Crippen LogP contribution in [0.4, 0.5) is 0 Å². The number of nitrogens with one attached hydrogen (secondary N) is 1. The molecule has 1 N–H and O–H groups in total. The molecule has 0 fully saturated rings. The molecule has 0 aromatic rings. The molecule has 0 rings (SSSR count). The summed E-state index contributed by atoms with van der Waals surface area (Å²) in [6, 6.07) is 0. The smallest absolute Gasteiger partial charge is 0.250 e. The Morgan fingerprint density at radius 1 is 1.00 bits per heavy atom. The van der Waals surface area contributed by atoms with Crippen molar-refractivity contribution in [2.45, 2.75) is 78.1 Å². The predicted octanol–water partition coefficient (Wildman–Crippen LogP) is 3.07. The van der Waals surface area contributed by atoms with Gasteiger partial charge in [-0.2, -0.15) is 12.6 Å². The number of carboxylic acids is 1. The van der Waals surface area contributed by atoms with E-state index in [1.54, 1.807) is 11.8 Å². The van der Waals surface area contributed by atoms with Gasteiger partial charge in [-0.05, 0) is 31.9 Å². The van der Waals surface area contributed by atoms with Gasteiger partial charge < -0.3 is 24.6 Å². The quantitative estimate of drug-likeness (QED) is 0.117. The molecule has 0 saturated heterocycles. The molecule has 0 atom stereocenters. The van der Waals surface area contributed by atoms with Crippen LogP contribution in [0.1, 0.15) is 78.1 Å². The SMILES string of the molecule is C=C(C[N+](C)(C)CCCN(CCC)C(=O)C(C)=CNC(=O)CCCCCCCCCS)C(=O)[O-]. The second-order valence-corrected chi connectivity index (χ2v) is 10.1. The molecule has 0 unspecified atom stereocenters. The summed E-state index contributed by atoms with van der Waals surface area (Å²) >= 11 is 4.22. The maximum atomic E-state index is 12.9. The van der Waals surface area contributed by atoms with Gasteiger partial charge in [-0.3, -0.25) is 9.59 Å². The van der Waals surface area contributed by atoms with Crippen molar-refractivity contribution in [1.82, 2.24) is 10.2 Å². The number of unbranched alkanes of at least 4 members (excludes halogenated alkanes) is 6. The van der Waals surface area contributed by atoms with E-state index in [1.807, 2.05) is 21.0 Å². The Labute approximate surface area is 212 Å². The van der Waals surface area contributed by atoms with Gasteiger partial charge >= 0.3 is 0 Å². The number of hydrogen-bond donors (Lipinski definition) is 2. The Balaban J connectivity index is 4.44. The number of likely N-dealkylation sites (N-methyl/N-ethyl adjacent to an activating group) is 1. The van der Waals surface area contributed by atoms with E-state index in [1.165, 1.54) is 31.9 Å². The van der Waals surface area contributed by atoms with Crippen LogP contribution in [0.2, 0.25) is 0 Å². The molecule has 7 nitrogen and oxygen atoms in total. The summed E-state index contributed by atoms with van der Waals surface area (Å²) < 4.78 is 0.460. The number of rotatable bonds is 20. The van der Waals surface area contributed by atoms with Gasteiger partial charge in [0, 0.05) is 43.3 Å². The fourth-order valence-corrected chi connectivity index (χ4v) is 4.01. The second kappa shape index (κ2) is 18.5. The molecular formula is C26H47N3O4S. The van der Waals surface area contributed by atoms with Crippen LogP contribution in [0, 0.1) is 0 Å². The van der Waals surface area contributed by atoms with Crippen LogP contribution in [0.3, 0.4) is 0 Å². The fraction of sp³-hybridized carbons (Fsp3) is 0.731. The van der Waals surface area contributed by atoms with Gasteiger partial charge in [-0.15, -0.1) is 0 Å². The average Bonchev–Trinajstić information content (AvgIpc) is 2.77. The van der Waals surface area contributed by atoms with Crippen LogP contribution < -0.4 is 10.4 Å². The van der Waals surface area contributed by atoms with Crippen molar-refractivity contribution >= 4 is 30.4 Å². The third kappa shape index (κ3) is 15.9. The Bertz CT molecular complexity index is 677. The first-order valence-electron chi connectivity index (χ1n) is 12.6. The van der Waals surface area contributed by atoms with Crippen LogP contribution in [-0.2, 0) is 14.4 Å². The zero-order chi connectivity index (χ0) is 26.0. The summed E-state index contributed by atoms with van der Waals surface area (Å²) in [6.07, 6.45) is 11.4.